The van der Waals surface area contributed by atoms with Gasteiger partial charge in [0.15, 0.2) is 0 Å². The highest BCUT2D eigenvalue weighted by Gasteiger charge is 2.38. The molecule has 1 aliphatic rings. The predicted molar refractivity (Wildman–Crippen MR) is 79.2 cm³/mol. The summed E-state index contributed by atoms with van der Waals surface area (Å²) in [5.41, 5.74) is 1.73. The van der Waals surface area contributed by atoms with Crippen molar-refractivity contribution in [1.29, 1.82) is 0 Å². The van der Waals surface area contributed by atoms with E-state index in [0.717, 1.165) is 11.1 Å². The first-order chi connectivity index (χ1) is 9.40. The molecule has 1 aromatic carbocycles. The second kappa shape index (κ2) is 6.08. The lowest BCUT2D eigenvalue weighted by Gasteiger charge is -2.33. The molecule has 0 radical (unpaired) electrons. The van der Waals surface area contributed by atoms with Gasteiger partial charge in [0.05, 0.1) is 24.9 Å². The highest BCUT2D eigenvalue weighted by Crippen LogP contribution is 2.35. The molecule has 0 amide bonds. The summed E-state index contributed by atoms with van der Waals surface area (Å²) in [5.74, 6) is 0. The molecule has 0 spiro atoms. The number of aliphatic hydroxyl groups is 2. The minimum atomic E-state index is -0.824. The first-order valence-electron chi connectivity index (χ1n) is 7.10. The van der Waals surface area contributed by atoms with Crippen molar-refractivity contribution in [2.45, 2.75) is 52.1 Å². The van der Waals surface area contributed by atoms with Gasteiger partial charge in [0, 0.05) is 0 Å². The third-order valence-corrected chi connectivity index (χ3v) is 4.07. The van der Waals surface area contributed by atoms with Gasteiger partial charge in [0.25, 0.3) is 0 Å². The largest absolute Gasteiger partial charge is 0.390 e. The third kappa shape index (κ3) is 3.48. The molecule has 2 rings (SSSR count). The lowest BCUT2D eigenvalue weighted by molar-refractivity contribution is -0.0497. The molecule has 3 heteroatoms. The third-order valence-electron chi connectivity index (χ3n) is 4.07. The Morgan fingerprint density at radius 2 is 1.85 bits per heavy atom. The van der Waals surface area contributed by atoms with Crippen molar-refractivity contribution in [2.24, 2.45) is 5.41 Å². The van der Waals surface area contributed by atoms with Crippen LogP contribution in [0.3, 0.4) is 0 Å². The molecule has 3 nitrogen and oxygen atoms in total. The fraction of sp³-hybridized carbons (Fsp3) is 0.529. The van der Waals surface area contributed by atoms with Crippen LogP contribution in [-0.4, -0.2) is 28.5 Å². The summed E-state index contributed by atoms with van der Waals surface area (Å²) in [5, 5.41) is 20.1. The van der Waals surface area contributed by atoms with Gasteiger partial charge in [-0.25, -0.2) is 0 Å². The smallest absolute Gasteiger partial charge is 0.0988 e. The Hall–Kier alpha value is -1.16. The van der Waals surface area contributed by atoms with Gasteiger partial charge >= 0.3 is 0 Å². The molecule has 0 saturated heterocycles. The van der Waals surface area contributed by atoms with E-state index in [2.05, 4.69) is 0 Å². The average Bonchev–Trinajstić information content (AvgIpc) is 2.49. The molecule has 0 saturated carbocycles. The minimum Gasteiger partial charge on any atom is -0.390 e. The lowest BCUT2D eigenvalue weighted by Crippen LogP contribution is -2.38. The van der Waals surface area contributed by atoms with E-state index in [1.54, 1.807) is 6.08 Å². The number of hydrogen-bond donors (Lipinski definition) is 2. The highest BCUT2D eigenvalue weighted by atomic mass is 16.5. The molecule has 0 bridgehead atoms. The minimum absolute atomic E-state index is 0.0722. The van der Waals surface area contributed by atoms with Crippen molar-refractivity contribution < 1.29 is 14.9 Å². The maximum atomic E-state index is 10.2. The highest BCUT2D eigenvalue weighted by molar-refractivity contribution is 5.16. The molecule has 0 fully saturated rings. The molecule has 0 aromatic heterocycles. The molecule has 0 heterocycles. The van der Waals surface area contributed by atoms with Crippen LogP contribution in [0.4, 0.5) is 0 Å². The van der Waals surface area contributed by atoms with Gasteiger partial charge in [0.2, 0.25) is 0 Å². The van der Waals surface area contributed by atoms with Crippen molar-refractivity contribution in [3.05, 3.63) is 47.5 Å². The van der Waals surface area contributed by atoms with E-state index in [0.29, 0.717) is 13.0 Å². The summed E-state index contributed by atoms with van der Waals surface area (Å²) < 4.78 is 6.00. The molecule has 2 N–H and O–H groups in total. The van der Waals surface area contributed by atoms with Gasteiger partial charge in [-0.05, 0) is 29.9 Å². The summed E-state index contributed by atoms with van der Waals surface area (Å²) in [6, 6.07) is 10.0. The lowest BCUT2D eigenvalue weighted by atomic mass is 9.80. The Morgan fingerprint density at radius 3 is 2.50 bits per heavy atom. The standard InChI is InChI=1S/C17H24O3/c1-12-9-14(18)16(19)17(2,3)10-15(12)20-11-13-7-5-4-6-8-13/h4-9,14-16,18-19H,10-11H2,1-3H3. The molecular weight excluding hydrogens is 252 g/mol. The van der Waals surface area contributed by atoms with Gasteiger partial charge in [-0.3, -0.25) is 0 Å². The van der Waals surface area contributed by atoms with E-state index < -0.39 is 12.2 Å². The molecule has 0 aliphatic heterocycles. The molecule has 20 heavy (non-hydrogen) atoms. The number of ether oxygens (including phenoxy) is 1. The van der Waals surface area contributed by atoms with E-state index in [1.165, 1.54) is 0 Å². The van der Waals surface area contributed by atoms with E-state index in [9.17, 15) is 10.2 Å². The molecule has 110 valence electrons. The van der Waals surface area contributed by atoms with Gasteiger partial charge in [-0.2, -0.15) is 0 Å². The number of rotatable bonds is 3. The molecule has 1 aliphatic carbocycles. The fourth-order valence-electron chi connectivity index (χ4n) is 2.65. The second-order valence-electron chi connectivity index (χ2n) is 6.32. The van der Waals surface area contributed by atoms with Crippen molar-refractivity contribution in [2.75, 3.05) is 0 Å². The summed E-state index contributed by atoms with van der Waals surface area (Å²) in [6.07, 6.45) is 0.755. The topological polar surface area (TPSA) is 49.7 Å². The average molecular weight is 276 g/mol. The SMILES string of the molecule is CC1=CC(O)C(O)C(C)(C)CC1OCc1ccccc1. The van der Waals surface area contributed by atoms with Crippen LogP contribution in [0.5, 0.6) is 0 Å². The van der Waals surface area contributed by atoms with E-state index in [-0.39, 0.29) is 11.5 Å². The zero-order valence-electron chi connectivity index (χ0n) is 12.4. The van der Waals surface area contributed by atoms with Crippen molar-refractivity contribution in [3.8, 4) is 0 Å². The maximum Gasteiger partial charge on any atom is 0.0988 e. The van der Waals surface area contributed by atoms with Gasteiger partial charge < -0.3 is 14.9 Å². The van der Waals surface area contributed by atoms with Gasteiger partial charge in [0.1, 0.15) is 0 Å². The summed E-state index contributed by atoms with van der Waals surface area (Å²) in [4.78, 5) is 0. The van der Waals surface area contributed by atoms with E-state index in [1.807, 2.05) is 51.1 Å². The Balaban J connectivity index is 2.08. The first-order valence-corrected chi connectivity index (χ1v) is 7.10. The molecule has 1 aromatic rings. The van der Waals surface area contributed by atoms with Gasteiger partial charge in [-0.15, -0.1) is 0 Å². The summed E-state index contributed by atoms with van der Waals surface area (Å²) in [6.45, 7) is 6.42. The van der Waals surface area contributed by atoms with Crippen LogP contribution in [-0.2, 0) is 11.3 Å². The zero-order valence-corrected chi connectivity index (χ0v) is 12.4. The number of benzene rings is 1. The number of hydrogen-bond acceptors (Lipinski definition) is 3. The fourth-order valence-corrected chi connectivity index (χ4v) is 2.65. The van der Waals surface area contributed by atoms with Crippen LogP contribution >= 0.6 is 0 Å². The normalized spacial score (nSPS) is 29.6. The number of aliphatic hydroxyl groups excluding tert-OH is 2. The Labute approximate surface area is 120 Å². The Morgan fingerprint density at radius 1 is 1.20 bits per heavy atom. The monoisotopic (exact) mass is 276 g/mol. The zero-order chi connectivity index (χ0) is 14.8. The first kappa shape index (κ1) is 15.2. The van der Waals surface area contributed by atoms with Crippen molar-refractivity contribution >= 4 is 0 Å². The van der Waals surface area contributed by atoms with Crippen LogP contribution in [0.2, 0.25) is 0 Å². The van der Waals surface area contributed by atoms with Crippen LogP contribution in [0.15, 0.2) is 42.0 Å². The predicted octanol–water partition coefficient (Wildman–Crippen LogP) is 2.67. The van der Waals surface area contributed by atoms with Crippen LogP contribution in [0, 0.1) is 5.41 Å². The van der Waals surface area contributed by atoms with Crippen LogP contribution in [0.1, 0.15) is 32.8 Å². The Bertz CT molecular complexity index is 464. The van der Waals surface area contributed by atoms with E-state index in [4.69, 9.17) is 4.74 Å². The summed E-state index contributed by atoms with van der Waals surface area (Å²) in [7, 11) is 0. The quantitative estimate of drug-likeness (QED) is 0.835. The van der Waals surface area contributed by atoms with Crippen molar-refractivity contribution in [3.63, 3.8) is 0 Å². The van der Waals surface area contributed by atoms with Gasteiger partial charge in [-0.1, -0.05) is 50.3 Å². The Kier molecular flexibility index (Phi) is 4.63. The molecule has 3 atom stereocenters. The second-order valence-corrected chi connectivity index (χ2v) is 6.32. The maximum absolute atomic E-state index is 10.2. The molecule has 3 unspecified atom stereocenters. The van der Waals surface area contributed by atoms with Crippen molar-refractivity contribution in [1.82, 2.24) is 0 Å². The van der Waals surface area contributed by atoms with Crippen LogP contribution < -0.4 is 0 Å². The van der Waals surface area contributed by atoms with Crippen LogP contribution in [0.25, 0.3) is 0 Å². The summed E-state index contributed by atoms with van der Waals surface area (Å²) >= 11 is 0. The molecular formula is C17H24O3. The van der Waals surface area contributed by atoms with E-state index >= 15 is 0 Å².